The lowest BCUT2D eigenvalue weighted by molar-refractivity contribution is -0.0506. The molecule has 0 aromatic rings. The van der Waals surface area contributed by atoms with Crippen molar-refractivity contribution in [2.45, 2.75) is 32.2 Å². The first-order valence-electron chi connectivity index (χ1n) is 7.18. The number of ether oxygens (including phenoxy) is 1. The summed E-state index contributed by atoms with van der Waals surface area (Å²) in [6.45, 7) is 10.2. The van der Waals surface area contributed by atoms with Crippen molar-refractivity contribution >= 4 is 0 Å². The van der Waals surface area contributed by atoms with E-state index in [1.165, 1.54) is 6.42 Å². The molecule has 0 aliphatic carbocycles. The lowest BCUT2D eigenvalue weighted by atomic mass is 9.89. The zero-order valence-corrected chi connectivity index (χ0v) is 12.6. The van der Waals surface area contributed by atoms with Gasteiger partial charge in [0.2, 0.25) is 0 Å². The quantitative estimate of drug-likeness (QED) is 0.739. The number of likely N-dealkylation sites (N-methyl/N-ethyl adjacent to an activating group) is 1. The van der Waals surface area contributed by atoms with E-state index in [9.17, 15) is 0 Å². The summed E-state index contributed by atoms with van der Waals surface area (Å²) in [5, 5.41) is 0. The molecule has 0 saturated carbocycles. The van der Waals surface area contributed by atoms with Gasteiger partial charge < -0.3 is 15.4 Å². The second-order valence-corrected chi connectivity index (χ2v) is 6.23. The van der Waals surface area contributed by atoms with Crippen LogP contribution >= 0.6 is 0 Å². The SMILES string of the molecule is CC(C)CN(CCN(C)C)C1(CN)CCCOC1. The molecular formula is C14H31N3O. The van der Waals surface area contributed by atoms with Gasteiger partial charge >= 0.3 is 0 Å². The summed E-state index contributed by atoms with van der Waals surface area (Å²) in [5.74, 6) is 0.664. The van der Waals surface area contributed by atoms with Crippen molar-refractivity contribution in [3.8, 4) is 0 Å². The van der Waals surface area contributed by atoms with Crippen LogP contribution in [-0.2, 0) is 4.74 Å². The fourth-order valence-electron chi connectivity index (χ4n) is 2.66. The van der Waals surface area contributed by atoms with Crippen molar-refractivity contribution < 1.29 is 4.74 Å². The Morgan fingerprint density at radius 1 is 1.28 bits per heavy atom. The maximum absolute atomic E-state index is 6.09. The van der Waals surface area contributed by atoms with E-state index in [0.29, 0.717) is 12.5 Å². The van der Waals surface area contributed by atoms with Gasteiger partial charge in [0.1, 0.15) is 0 Å². The maximum atomic E-state index is 6.09. The van der Waals surface area contributed by atoms with E-state index in [1.54, 1.807) is 0 Å². The van der Waals surface area contributed by atoms with Crippen molar-refractivity contribution in [3.05, 3.63) is 0 Å². The first-order valence-corrected chi connectivity index (χ1v) is 7.18. The molecule has 2 N–H and O–H groups in total. The Morgan fingerprint density at radius 3 is 2.44 bits per heavy atom. The highest BCUT2D eigenvalue weighted by Crippen LogP contribution is 2.26. The van der Waals surface area contributed by atoms with Crippen LogP contribution in [0.25, 0.3) is 0 Å². The van der Waals surface area contributed by atoms with Crippen LogP contribution in [0.2, 0.25) is 0 Å². The fraction of sp³-hybridized carbons (Fsp3) is 1.00. The molecule has 0 spiro atoms. The number of hydrogen-bond donors (Lipinski definition) is 1. The van der Waals surface area contributed by atoms with Gasteiger partial charge in [-0.25, -0.2) is 0 Å². The average molecular weight is 257 g/mol. The van der Waals surface area contributed by atoms with Crippen molar-refractivity contribution in [2.75, 3.05) is 53.5 Å². The van der Waals surface area contributed by atoms with E-state index >= 15 is 0 Å². The average Bonchev–Trinajstić information content (AvgIpc) is 2.34. The maximum Gasteiger partial charge on any atom is 0.0662 e. The smallest absolute Gasteiger partial charge is 0.0662 e. The third-order valence-corrected chi connectivity index (χ3v) is 3.75. The predicted molar refractivity (Wildman–Crippen MR) is 76.8 cm³/mol. The number of nitrogens with two attached hydrogens (primary N) is 1. The van der Waals surface area contributed by atoms with Crippen LogP contribution in [0.3, 0.4) is 0 Å². The zero-order valence-electron chi connectivity index (χ0n) is 12.6. The third-order valence-electron chi connectivity index (χ3n) is 3.75. The molecule has 4 heteroatoms. The van der Waals surface area contributed by atoms with Crippen LogP contribution in [0.1, 0.15) is 26.7 Å². The first-order chi connectivity index (χ1) is 8.50. The van der Waals surface area contributed by atoms with Gasteiger partial charge in [0.15, 0.2) is 0 Å². The molecule has 1 heterocycles. The molecule has 4 nitrogen and oxygen atoms in total. The Hall–Kier alpha value is -0.160. The Labute approximate surface area is 112 Å². The third kappa shape index (κ3) is 4.50. The van der Waals surface area contributed by atoms with Crippen LogP contribution in [0.5, 0.6) is 0 Å². The van der Waals surface area contributed by atoms with E-state index in [-0.39, 0.29) is 5.54 Å². The molecule has 0 aromatic heterocycles. The molecule has 1 atom stereocenters. The number of nitrogens with zero attached hydrogens (tertiary/aromatic N) is 2. The summed E-state index contributed by atoms with van der Waals surface area (Å²) in [5.41, 5.74) is 6.15. The van der Waals surface area contributed by atoms with E-state index < -0.39 is 0 Å². The van der Waals surface area contributed by atoms with Gasteiger partial charge in [-0.1, -0.05) is 13.8 Å². The molecule has 1 rings (SSSR count). The number of hydrogen-bond acceptors (Lipinski definition) is 4. The molecule has 1 unspecified atom stereocenters. The Balaban J connectivity index is 2.70. The van der Waals surface area contributed by atoms with Gasteiger partial charge in [0.25, 0.3) is 0 Å². The van der Waals surface area contributed by atoms with E-state index in [4.69, 9.17) is 10.5 Å². The van der Waals surface area contributed by atoms with Gasteiger partial charge in [0, 0.05) is 32.8 Å². The Morgan fingerprint density at radius 2 is 2.00 bits per heavy atom. The summed E-state index contributed by atoms with van der Waals surface area (Å²) >= 11 is 0. The minimum absolute atomic E-state index is 0.0680. The van der Waals surface area contributed by atoms with Gasteiger partial charge in [-0.05, 0) is 32.9 Å². The highest BCUT2D eigenvalue weighted by molar-refractivity contribution is 4.94. The molecule has 0 aromatic carbocycles. The zero-order chi connectivity index (χ0) is 13.6. The van der Waals surface area contributed by atoms with E-state index in [1.807, 2.05) is 0 Å². The van der Waals surface area contributed by atoms with Crippen LogP contribution in [0.15, 0.2) is 0 Å². The molecule has 0 radical (unpaired) electrons. The predicted octanol–water partition coefficient (Wildman–Crippen LogP) is 1.01. The second-order valence-electron chi connectivity index (χ2n) is 6.23. The van der Waals surface area contributed by atoms with Crippen LogP contribution < -0.4 is 5.73 Å². The minimum Gasteiger partial charge on any atom is -0.379 e. The summed E-state index contributed by atoms with van der Waals surface area (Å²) in [6, 6.07) is 0. The van der Waals surface area contributed by atoms with Crippen molar-refractivity contribution in [3.63, 3.8) is 0 Å². The van der Waals surface area contributed by atoms with Gasteiger partial charge in [-0.3, -0.25) is 4.90 Å². The Kier molecular flexibility index (Phi) is 6.57. The van der Waals surface area contributed by atoms with E-state index in [2.05, 4.69) is 37.7 Å². The van der Waals surface area contributed by atoms with Crippen LogP contribution in [0, 0.1) is 5.92 Å². The monoisotopic (exact) mass is 257 g/mol. The van der Waals surface area contributed by atoms with Gasteiger partial charge in [0.05, 0.1) is 12.1 Å². The summed E-state index contributed by atoms with van der Waals surface area (Å²) in [7, 11) is 4.25. The minimum atomic E-state index is 0.0680. The van der Waals surface area contributed by atoms with Crippen LogP contribution in [-0.4, -0.2) is 68.8 Å². The lowest BCUT2D eigenvalue weighted by Gasteiger charge is -2.46. The molecule has 108 valence electrons. The molecule has 0 bridgehead atoms. The highest BCUT2D eigenvalue weighted by Gasteiger charge is 2.37. The molecule has 1 aliphatic heterocycles. The summed E-state index contributed by atoms with van der Waals surface area (Å²) in [4.78, 5) is 4.80. The molecule has 1 saturated heterocycles. The van der Waals surface area contributed by atoms with E-state index in [0.717, 1.165) is 39.3 Å². The van der Waals surface area contributed by atoms with Crippen molar-refractivity contribution in [1.29, 1.82) is 0 Å². The molecule has 1 aliphatic rings. The molecule has 0 amide bonds. The van der Waals surface area contributed by atoms with Gasteiger partial charge in [-0.15, -0.1) is 0 Å². The fourth-order valence-corrected chi connectivity index (χ4v) is 2.66. The van der Waals surface area contributed by atoms with Crippen molar-refractivity contribution in [2.24, 2.45) is 11.7 Å². The van der Waals surface area contributed by atoms with Gasteiger partial charge in [-0.2, -0.15) is 0 Å². The molecule has 1 fully saturated rings. The topological polar surface area (TPSA) is 41.7 Å². The molecule has 18 heavy (non-hydrogen) atoms. The lowest BCUT2D eigenvalue weighted by Crippen LogP contribution is -2.60. The largest absolute Gasteiger partial charge is 0.379 e. The summed E-state index contributed by atoms with van der Waals surface area (Å²) < 4.78 is 5.71. The number of rotatable bonds is 7. The first kappa shape index (κ1) is 15.9. The summed E-state index contributed by atoms with van der Waals surface area (Å²) in [6.07, 6.45) is 2.30. The normalized spacial score (nSPS) is 25.3. The molecular weight excluding hydrogens is 226 g/mol. The van der Waals surface area contributed by atoms with Crippen molar-refractivity contribution in [1.82, 2.24) is 9.80 Å². The Bertz CT molecular complexity index is 225. The standard InChI is InChI=1S/C14H31N3O/c1-13(2)10-17(8-7-16(3)4)14(11-15)6-5-9-18-12-14/h13H,5-12,15H2,1-4H3. The second kappa shape index (κ2) is 7.43. The highest BCUT2D eigenvalue weighted by atomic mass is 16.5. The van der Waals surface area contributed by atoms with Crippen LogP contribution in [0.4, 0.5) is 0 Å².